The van der Waals surface area contributed by atoms with Crippen molar-refractivity contribution in [1.29, 1.82) is 0 Å². The van der Waals surface area contributed by atoms with Crippen LogP contribution in [0.15, 0.2) is 16.2 Å². The molecular formula is C13H12N2O3S2. The summed E-state index contributed by atoms with van der Waals surface area (Å²) < 4.78 is 0. The molecule has 0 aliphatic rings. The lowest BCUT2D eigenvalue weighted by atomic mass is 10.2. The SMILES string of the molecule is Cc1cc(C(=O)NCc2csc(=O)[nH]2)sc1C#CCO. The van der Waals surface area contributed by atoms with E-state index in [1.165, 1.54) is 11.3 Å². The topological polar surface area (TPSA) is 82.2 Å². The molecule has 0 spiro atoms. The molecule has 0 aromatic carbocycles. The first-order valence-corrected chi connectivity index (χ1v) is 7.45. The monoisotopic (exact) mass is 308 g/mol. The molecule has 3 N–H and O–H groups in total. The smallest absolute Gasteiger partial charge is 0.304 e. The van der Waals surface area contributed by atoms with Crippen molar-refractivity contribution in [2.45, 2.75) is 13.5 Å². The Morgan fingerprint density at radius 3 is 3.00 bits per heavy atom. The maximum Gasteiger partial charge on any atom is 0.304 e. The molecule has 0 aliphatic carbocycles. The Labute approximate surface area is 123 Å². The first kappa shape index (κ1) is 14.5. The van der Waals surface area contributed by atoms with Crippen molar-refractivity contribution in [1.82, 2.24) is 10.3 Å². The van der Waals surface area contributed by atoms with Gasteiger partial charge in [-0.25, -0.2) is 0 Å². The van der Waals surface area contributed by atoms with E-state index in [2.05, 4.69) is 22.1 Å². The minimum Gasteiger partial charge on any atom is -0.384 e. The van der Waals surface area contributed by atoms with E-state index in [9.17, 15) is 9.59 Å². The average Bonchev–Trinajstić information content (AvgIpc) is 3.00. The number of aryl methyl sites for hydroxylation is 1. The number of aliphatic hydroxyl groups excluding tert-OH is 1. The lowest BCUT2D eigenvalue weighted by Gasteiger charge is -2.00. The molecule has 2 heterocycles. The zero-order chi connectivity index (χ0) is 14.5. The summed E-state index contributed by atoms with van der Waals surface area (Å²) in [6.07, 6.45) is 0. The molecule has 2 aromatic rings. The second-order valence-electron chi connectivity index (χ2n) is 3.94. The summed E-state index contributed by atoms with van der Waals surface area (Å²) in [7, 11) is 0. The maximum atomic E-state index is 12.0. The van der Waals surface area contributed by atoms with Gasteiger partial charge in [0, 0.05) is 11.1 Å². The number of carbonyl (C=O) groups is 1. The van der Waals surface area contributed by atoms with E-state index in [1.807, 2.05) is 6.92 Å². The molecule has 1 amide bonds. The zero-order valence-electron chi connectivity index (χ0n) is 10.6. The third kappa shape index (κ3) is 3.57. The number of nitrogens with one attached hydrogen (secondary N) is 2. The van der Waals surface area contributed by atoms with Gasteiger partial charge in [-0.3, -0.25) is 9.59 Å². The quantitative estimate of drug-likeness (QED) is 0.742. The van der Waals surface area contributed by atoms with Gasteiger partial charge in [-0.2, -0.15) is 0 Å². The fraction of sp³-hybridized carbons (Fsp3) is 0.231. The minimum atomic E-state index is -0.206. The van der Waals surface area contributed by atoms with Gasteiger partial charge in [0.2, 0.25) is 0 Å². The van der Waals surface area contributed by atoms with Crippen LogP contribution in [0.3, 0.4) is 0 Å². The second kappa shape index (κ2) is 6.52. The van der Waals surface area contributed by atoms with Crippen LogP contribution in [-0.4, -0.2) is 22.6 Å². The largest absolute Gasteiger partial charge is 0.384 e. The summed E-state index contributed by atoms with van der Waals surface area (Å²) in [5, 5.41) is 13.1. The van der Waals surface area contributed by atoms with Crippen molar-refractivity contribution in [3.8, 4) is 11.8 Å². The Kier molecular flexibility index (Phi) is 4.74. The highest BCUT2D eigenvalue weighted by atomic mass is 32.1. The predicted octanol–water partition coefficient (Wildman–Crippen LogP) is 1.08. The highest BCUT2D eigenvalue weighted by Crippen LogP contribution is 2.20. The van der Waals surface area contributed by atoms with Crippen LogP contribution in [0, 0.1) is 18.8 Å². The number of aromatic amines is 1. The van der Waals surface area contributed by atoms with Crippen LogP contribution in [0.2, 0.25) is 0 Å². The number of amides is 1. The van der Waals surface area contributed by atoms with Crippen molar-refractivity contribution in [3.05, 3.63) is 42.1 Å². The van der Waals surface area contributed by atoms with Crippen molar-refractivity contribution >= 4 is 28.6 Å². The summed E-state index contributed by atoms with van der Waals surface area (Å²) in [5.41, 5.74) is 1.59. The predicted molar refractivity (Wildman–Crippen MR) is 79.1 cm³/mol. The number of H-pyrrole nitrogens is 1. The first-order chi connectivity index (χ1) is 9.60. The van der Waals surface area contributed by atoms with Crippen LogP contribution < -0.4 is 10.2 Å². The molecule has 7 heteroatoms. The number of hydrogen-bond donors (Lipinski definition) is 3. The Balaban J connectivity index is 2.04. The summed E-state index contributed by atoms with van der Waals surface area (Å²) in [6.45, 7) is 1.95. The van der Waals surface area contributed by atoms with E-state index in [0.29, 0.717) is 10.6 Å². The number of carbonyl (C=O) groups excluding carboxylic acids is 1. The van der Waals surface area contributed by atoms with Gasteiger partial charge in [-0.1, -0.05) is 23.2 Å². The van der Waals surface area contributed by atoms with Crippen molar-refractivity contribution in [2.24, 2.45) is 0 Å². The molecule has 2 rings (SSSR count). The van der Waals surface area contributed by atoms with Crippen LogP contribution in [0.4, 0.5) is 0 Å². The van der Waals surface area contributed by atoms with E-state index in [-0.39, 0.29) is 23.9 Å². The Morgan fingerprint density at radius 2 is 2.35 bits per heavy atom. The van der Waals surface area contributed by atoms with Crippen LogP contribution in [0.5, 0.6) is 0 Å². The summed E-state index contributed by atoms with van der Waals surface area (Å²) in [5.74, 6) is 5.17. The third-order valence-electron chi connectivity index (χ3n) is 2.43. The van der Waals surface area contributed by atoms with E-state index < -0.39 is 0 Å². The molecule has 0 aliphatic heterocycles. The van der Waals surface area contributed by atoms with Gasteiger partial charge in [-0.05, 0) is 18.6 Å². The molecule has 20 heavy (non-hydrogen) atoms. The lowest BCUT2D eigenvalue weighted by Crippen LogP contribution is -2.22. The van der Waals surface area contributed by atoms with E-state index in [0.717, 1.165) is 21.8 Å². The van der Waals surface area contributed by atoms with Crippen LogP contribution in [-0.2, 0) is 6.54 Å². The van der Waals surface area contributed by atoms with Gasteiger partial charge in [0.15, 0.2) is 0 Å². The molecule has 0 unspecified atom stereocenters. The molecule has 0 atom stereocenters. The Morgan fingerprint density at radius 1 is 1.55 bits per heavy atom. The lowest BCUT2D eigenvalue weighted by molar-refractivity contribution is 0.0954. The highest BCUT2D eigenvalue weighted by molar-refractivity contribution is 7.14. The standard InChI is InChI=1S/C13H12N2O3S2/c1-8-5-11(20-10(8)3-2-4-16)12(17)14-6-9-7-19-13(18)15-9/h5,7,16H,4,6H2,1H3,(H,14,17)(H,15,18). The molecule has 2 aromatic heterocycles. The molecule has 0 bridgehead atoms. The zero-order valence-corrected chi connectivity index (χ0v) is 12.3. The Hall–Kier alpha value is -1.88. The minimum absolute atomic E-state index is 0.136. The van der Waals surface area contributed by atoms with E-state index >= 15 is 0 Å². The molecule has 0 saturated heterocycles. The Bertz CT molecular complexity index is 731. The van der Waals surface area contributed by atoms with Gasteiger partial charge in [-0.15, -0.1) is 11.3 Å². The molecule has 0 radical (unpaired) electrons. The normalized spacial score (nSPS) is 9.90. The fourth-order valence-corrected chi connectivity index (χ4v) is 3.05. The summed E-state index contributed by atoms with van der Waals surface area (Å²) in [6, 6.07) is 1.76. The molecular weight excluding hydrogens is 296 g/mol. The molecule has 5 nitrogen and oxygen atoms in total. The molecule has 0 fully saturated rings. The number of rotatable bonds is 3. The first-order valence-electron chi connectivity index (χ1n) is 5.75. The van der Waals surface area contributed by atoms with Crippen LogP contribution in [0.25, 0.3) is 0 Å². The van der Waals surface area contributed by atoms with Gasteiger partial charge >= 0.3 is 4.87 Å². The number of thiophene rings is 1. The van der Waals surface area contributed by atoms with Gasteiger partial charge in [0.25, 0.3) is 5.91 Å². The van der Waals surface area contributed by atoms with Crippen LogP contribution >= 0.6 is 22.7 Å². The van der Waals surface area contributed by atoms with Gasteiger partial charge in [0.1, 0.15) is 6.61 Å². The van der Waals surface area contributed by atoms with Crippen LogP contribution in [0.1, 0.15) is 25.8 Å². The van der Waals surface area contributed by atoms with E-state index in [1.54, 1.807) is 11.4 Å². The van der Waals surface area contributed by atoms with Crippen molar-refractivity contribution in [2.75, 3.05) is 6.61 Å². The highest BCUT2D eigenvalue weighted by Gasteiger charge is 2.11. The number of thiazole rings is 1. The number of aromatic nitrogens is 1. The van der Waals surface area contributed by atoms with Gasteiger partial charge in [0.05, 0.1) is 16.3 Å². The molecule has 0 saturated carbocycles. The summed E-state index contributed by atoms with van der Waals surface area (Å²) in [4.78, 5) is 26.8. The number of aliphatic hydroxyl groups is 1. The van der Waals surface area contributed by atoms with Crippen molar-refractivity contribution < 1.29 is 9.90 Å². The van der Waals surface area contributed by atoms with Crippen molar-refractivity contribution in [3.63, 3.8) is 0 Å². The number of hydrogen-bond acceptors (Lipinski definition) is 5. The van der Waals surface area contributed by atoms with E-state index in [4.69, 9.17) is 5.11 Å². The summed E-state index contributed by atoms with van der Waals surface area (Å²) >= 11 is 2.35. The third-order valence-corrected chi connectivity index (χ3v) is 4.30. The molecule has 104 valence electrons. The second-order valence-corrected chi connectivity index (χ2v) is 5.83. The fourth-order valence-electron chi connectivity index (χ4n) is 1.50. The average molecular weight is 308 g/mol. The van der Waals surface area contributed by atoms with Gasteiger partial charge < -0.3 is 15.4 Å². The maximum absolute atomic E-state index is 12.0.